The number of aromatic amines is 1. The molecule has 0 bridgehead atoms. The van der Waals surface area contributed by atoms with Crippen LogP contribution in [0.3, 0.4) is 0 Å². The number of hydrogen-bond donors (Lipinski definition) is 5. The first-order valence-electron chi connectivity index (χ1n) is 15.8. The monoisotopic (exact) mass is 855 g/mol. The van der Waals surface area contributed by atoms with Crippen LogP contribution in [0.15, 0.2) is 61.4 Å². The van der Waals surface area contributed by atoms with Gasteiger partial charge in [0, 0.05) is 49.5 Å². The number of benzene rings is 1. The van der Waals surface area contributed by atoms with Crippen LogP contribution in [0.5, 0.6) is 0 Å². The molecule has 1 aliphatic rings. The lowest BCUT2D eigenvalue weighted by Crippen LogP contribution is -2.49. The predicted molar refractivity (Wildman–Crippen MR) is 184 cm³/mol. The highest BCUT2D eigenvalue weighted by atomic mass is 35.5. The molecule has 4 aromatic heterocycles. The predicted octanol–water partition coefficient (Wildman–Crippen LogP) is 5.98. The van der Waals surface area contributed by atoms with E-state index in [1.165, 1.54) is 6.33 Å². The van der Waals surface area contributed by atoms with E-state index < -0.39 is 36.4 Å². The van der Waals surface area contributed by atoms with Crippen LogP contribution in [0, 0.1) is 0 Å². The highest BCUT2D eigenvalue weighted by Crippen LogP contribution is 2.39. The van der Waals surface area contributed by atoms with Crippen molar-refractivity contribution < 1.29 is 74.0 Å². The van der Waals surface area contributed by atoms with Gasteiger partial charge in [0.15, 0.2) is 11.5 Å². The SMILES string of the molecule is CC(Nc1ncnc2[nH]cnc12)c1cc(Cl)c2cccnc2c1N1CCN(C(=O)c2ccccn2)CC1.O=C(O)C(F)(F)F.O=C(O)C(F)(F)F.O=C(O)C(F)(F)F. The standard InChI is InChI=1S/C26H24ClN9O.3C2HF3O2/c1-16(34-25-22-24(31-14-30-22)32-15-33-25)18-13-19(27)17-5-4-8-29-21(17)23(18)35-9-11-36(12-10-35)26(37)20-6-2-3-7-28-20;3*3-2(4,5)1(6)7/h2-8,13-16H,9-12H2,1H3,(H2,30,31,32,33,34);3*(H,6,7). The third-order valence-electron chi connectivity index (χ3n) is 7.38. The van der Waals surface area contributed by atoms with Crippen LogP contribution in [-0.2, 0) is 14.4 Å². The number of amides is 1. The minimum Gasteiger partial charge on any atom is -0.475 e. The van der Waals surface area contributed by atoms with E-state index in [1.807, 2.05) is 35.2 Å². The number of fused-ring (bicyclic) bond motifs is 2. The van der Waals surface area contributed by atoms with Crippen LogP contribution in [0.1, 0.15) is 29.0 Å². The number of nitrogens with one attached hydrogen (secondary N) is 2. The van der Waals surface area contributed by atoms with Gasteiger partial charge in [-0.3, -0.25) is 14.8 Å². The van der Waals surface area contributed by atoms with Crippen molar-refractivity contribution in [2.24, 2.45) is 0 Å². The zero-order valence-corrected chi connectivity index (χ0v) is 29.8. The molecule has 58 heavy (non-hydrogen) atoms. The summed E-state index contributed by atoms with van der Waals surface area (Å²) >= 11 is 6.74. The van der Waals surface area contributed by atoms with E-state index >= 15 is 0 Å². The molecule has 0 radical (unpaired) electrons. The van der Waals surface area contributed by atoms with Gasteiger partial charge >= 0.3 is 36.4 Å². The average molecular weight is 856 g/mol. The average Bonchev–Trinajstić information content (AvgIpc) is 3.65. The molecule has 6 rings (SSSR count). The summed E-state index contributed by atoms with van der Waals surface area (Å²) in [5, 5.41) is 26.4. The number of halogens is 10. The second kappa shape index (κ2) is 19.1. The van der Waals surface area contributed by atoms with Crippen molar-refractivity contribution >= 4 is 69.0 Å². The fourth-order valence-corrected chi connectivity index (χ4v) is 5.08. The minimum absolute atomic E-state index is 0.0543. The van der Waals surface area contributed by atoms with Crippen LogP contribution in [0.25, 0.3) is 22.1 Å². The number of imidazole rings is 1. The quantitative estimate of drug-likeness (QED) is 0.128. The molecule has 26 heteroatoms. The summed E-state index contributed by atoms with van der Waals surface area (Å²) in [6.45, 7) is 4.53. The fraction of sp³-hybridized carbons (Fsp3) is 0.281. The topological polar surface area (TPSA) is 228 Å². The van der Waals surface area contributed by atoms with Gasteiger partial charge in [-0.1, -0.05) is 17.7 Å². The van der Waals surface area contributed by atoms with Gasteiger partial charge in [0.1, 0.15) is 17.5 Å². The second-order valence-corrected chi connectivity index (χ2v) is 11.7. The number of aliphatic carboxylic acids is 3. The summed E-state index contributed by atoms with van der Waals surface area (Å²) < 4.78 is 95.2. The second-order valence-electron chi connectivity index (χ2n) is 11.3. The summed E-state index contributed by atoms with van der Waals surface area (Å²) in [5.74, 6) is -7.69. The smallest absolute Gasteiger partial charge is 0.475 e. The Labute approximate surface area is 323 Å². The van der Waals surface area contributed by atoms with Crippen molar-refractivity contribution in [3.05, 3.63) is 77.7 Å². The molecule has 1 atom stereocenters. The van der Waals surface area contributed by atoms with Gasteiger partial charge in [-0.05, 0) is 37.3 Å². The number of carbonyl (C=O) groups is 4. The number of hydrogen-bond acceptors (Lipinski definition) is 11. The summed E-state index contributed by atoms with van der Waals surface area (Å²) in [5.41, 5.74) is 4.61. The molecule has 1 aromatic carbocycles. The maximum Gasteiger partial charge on any atom is 0.490 e. The van der Waals surface area contributed by atoms with Crippen LogP contribution < -0.4 is 10.2 Å². The van der Waals surface area contributed by atoms with E-state index in [4.69, 9.17) is 46.3 Å². The molecule has 1 amide bonds. The number of H-pyrrole nitrogens is 1. The van der Waals surface area contributed by atoms with Crippen LogP contribution in [0.4, 0.5) is 51.0 Å². The number of piperazine rings is 1. The van der Waals surface area contributed by atoms with Crippen molar-refractivity contribution in [3.63, 3.8) is 0 Å². The van der Waals surface area contributed by atoms with Crippen LogP contribution in [-0.4, -0.2) is 119 Å². The number of carboxylic acids is 3. The van der Waals surface area contributed by atoms with E-state index in [9.17, 15) is 44.3 Å². The number of carbonyl (C=O) groups excluding carboxylic acids is 1. The summed E-state index contributed by atoms with van der Waals surface area (Å²) in [6, 6.07) is 11.1. The van der Waals surface area contributed by atoms with Crippen LogP contribution in [0.2, 0.25) is 5.02 Å². The molecule has 1 fully saturated rings. The van der Waals surface area contributed by atoms with Crippen molar-refractivity contribution in [2.45, 2.75) is 31.5 Å². The van der Waals surface area contributed by atoms with E-state index in [0.29, 0.717) is 53.9 Å². The molecule has 5 aromatic rings. The van der Waals surface area contributed by atoms with Gasteiger partial charge in [-0.2, -0.15) is 39.5 Å². The van der Waals surface area contributed by atoms with Gasteiger partial charge < -0.3 is 35.4 Å². The highest BCUT2D eigenvalue weighted by molar-refractivity contribution is 6.36. The lowest BCUT2D eigenvalue weighted by atomic mass is 10.0. The maximum absolute atomic E-state index is 12.9. The van der Waals surface area contributed by atoms with Gasteiger partial charge in [0.05, 0.1) is 28.6 Å². The van der Waals surface area contributed by atoms with E-state index in [2.05, 4.69) is 42.1 Å². The van der Waals surface area contributed by atoms with Gasteiger partial charge in [0.2, 0.25) is 0 Å². The Hall–Kier alpha value is -6.53. The first-order valence-corrected chi connectivity index (χ1v) is 16.1. The van der Waals surface area contributed by atoms with Gasteiger partial charge in [-0.15, -0.1) is 0 Å². The number of nitrogens with zero attached hydrogens (tertiary/aromatic N) is 7. The molecule has 5 heterocycles. The number of anilines is 2. The minimum atomic E-state index is -5.08. The lowest BCUT2D eigenvalue weighted by molar-refractivity contribution is -0.193. The largest absolute Gasteiger partial charge is 0.490 e. The first kappa shape index (κ1) is 45.9. The zero-order valence-electron chi connectivity index (χ0n) is 29.1. The Morgan fingerprint density at radius 3 is 1.83 bits per heavy atom. The fourth-order valence-electron chi connectivity index (χ4n) is 4.81. The van der Waals surface area contributed by atoms with Crippen molar-refractivity contribution in [1.29, 1.82) is 0 Å². The highest BCUT2D eigenvalue weighted by Gasteiger charge is 2.39. The third kappa shape index (κ3) is 12.5. The Balaban J connectivity index is 0.000000353. The Kier molecular flexibility index (Phi) is 15.1. The molecule has 1 aliphatic heterocycles. The summed E-state index contributed by atoms with van der Waals surface area (Å²) in [6.07, 6.45) is -8.72. The van der Waals surface area contributed by atoms with Crippen molar-refractivity contribution in [2.75, 3.05) is 36.4 Å². The van der Waals surface area contributed by atoms with Gasteiger partial charge in [-0.25, -0.2) is 29.3 Å². The van der Waals surface area contributed by atoms with Crippen molar-refractivity contribution in [1.82, 2.24) is 34.8 Å². The molecule has 16 nitrogen and oxygen atoms in total. The molecule has 0 aliphatic carbocycles. The number of pyridine rings is 2. The Morgan fingerprint density at radius 2 is 1.31 bits per heavy atom. The normalized spacial score (nSPS) is 13.5. The molecule has 312 valence electrons. The Bertz CT molecular complexity index is 2160. The molecule has 1 unspecified atom stereocenters. The summed E-state index contributed by atoms with van der Waals surface area (Å²) in [4.78, 5) is 68.7. The van der Waals surface area contributed by atoms with E-state index in [0.717, 1.165) is 22.2 Å². The van der Waals surface area contributed by atoms with Crippen LogP contribution >= 0.6 is 11.6 Å². The summed E-state index contributed by atoms with van der Waals surface area (Å²) in [7, 11) is 0. The van der Waals surface area contributed by atoms with E-state index in [1.54, 1.807) is 24.8 Å². The third-order valence-corrected chi connectivity index (χ3v) is 7.69. The molecule has 1 saturated heterocycles. The first-order chi connectivity index (χ1) is 26.9. The van der Waals surface area contributed by atoms with Gasteiger partial charge in [0.25, 0.3) is 5.91 Å². The molecule has 0 saturated carbocycles. The molecule has 0 spiro atoms. The maximum atomic E-state index is 12.9. The Morgan fingerprint density at radius 1 is 0.759 bits per heavy atom. The van der Waals surface area contributed by atoms with E-state index in [-0.39, 0.29) is 11.9 Å². The lowest BCUT2D eigenvalue weighted by Gasteiger charge is -2.38. The molecular formula is C32H27ClF9N9O7. The molecule has 5 N–H and O–H groups in total. The number of alkyl halides is 9. The number of carboxylic acid groups (broad SMARTS) is 3. The zero-order chi connectivity index (χ0) is 43.6. The number of aromatic nitrogens is 6. The number of rotatable bonds is 5. The molecular weight excluding hydrogens is 829 g/mol. The van der Waals surface area contributed by atoms with Crippen molar-refractivity contribution in [3.8, 4) is 0 Å².